The predicted molar refractivity (Wildman–Crippen MR) is 73.0 cm³/mol. The van der Waals surface area contributed by atoms with Crippen LogP contribution in [-0.4, -0.2) is 16.9 Å². The zero-order chi connectivity index (χ0) is 12.5. The molecule has 0 aliphatic heterocycles. The van der Waals surface area contributed by atoms with Crippen molar-refractivity contribution in [2.75, 3.05) is 0 Å². The third-order valence-corrected chi connectivity index (χ3v) is 3.88. The molecule has 3 rings (SSSR count). The van der Waals surface area contributed by atoms with Gasteiger partial charge in [0, 0.05) is 22.0 Å². The van der Waals surface area contributed by atoms with E-state index in [-0.39, 0.29) is 5.91 Å². The van der Waals surface area contributed by atoms with E-state index >= 15 is 0 Å². The normalized spacial score (nSPS) is 14.5. The Balaban J connectivity index is 1.79. The second-order valence-electron chi connectivity index (χ2n) is 4.29. The van der Waals surface area contributed by atoms with Crippen LogP contribution in [-0.2, 0) is 0 Å². The Kier molecular flexibility index (Phi) is 3.06. The summed E-state index contributed by atoms with van der Waals surface area (Å²) in [6.45, 7) is 0. The number of benzene rings is 1. The molecule has 0 saturated heterocycles. The van der Waals surface area contributed by atoms with E-state index in [9.17, 15) is 4.79 Å². The molecule has 1 aromatic heterocycles. The van der Waals surface area contributed by atoms with Gasteiger partial charge < -0.3 is 5.32 Å². The minimum atomic E-state index is -0.0750. The second kappa shape index (κ2) is 4.71. The molecule has 0 radical (unpaired) electrons. The maximum atomic E-state index is 11.8. The average Bonchev–Trinajstić information content (AvgIpc) is 3.04. The zero-order valence-electron chi connectivity index (χ0n) is 9.52. The van der Waals surface area contributed by atoms with Crippen LogP contribution in [0.3, 0.4) is 0 Å². The van der Waals surface area contributed by atoms with Crippen molar-refractivity contribution in [3.8, 4) is 10.6 Å². The molecule has 1 aromatic carbocycles. The summed E-state index contributed by atoms with van der Waals surface area (Å²) < 4.78 is 0. The molecule has 1 aliphatic carbocycles. The molecule has 1 heterocycles. The fourth-order valence-corrected chi connectivity index (χ4v) is 2.52. The van der Waals surface area contributed by atoms with E-state index < -0.39 is 0 Å². The van der Waals surface area contributed by atoms with Crippen molar-refractivity contribution in [2.45, 2.75) is 18.9 Å². The number of thiazole rings is 1. The zero-order valence-corrected chi connectivity index (χ0v) is 11.1. The standard InChI is InChI=1S/C13H11ClN2OS/c14-9-3-1-8(2-4-9)13-16-11(7-18-13)12(17)15-10-5-6-10/h1-4,7,10H,5-6H2,(H,15,17). The summed E-state index contributed by atoms with van der Waals surface area (Å²) in [6, 6.07) is 7.82. The van der Waals surface area contributed by atoms with Crippen LogP contribution in [0.2, 0.25) is 5.02 Å². The van der Waals surface area contributed by atoms with Crippen LogP contribution < -0.4 is 5.32 Å². The van der Waals surface area contributed by atoms with Crippen molar-refractivity contribution in [1.29, 1.82) is 0 Å². The molecule has 1 saturated carbocycles. The molecule has 3 nitrogen and oxygen atoms in total. The number of hydrogen-bond acceptors (Lipinski definition) is 3. The van der Waals surface area contributed by atoms with E-state index in [1.54, 1.807) is 5.38 Å². The van der Waals surface area contributed by atoms with Crippen molar-refractivity contribution in [1.82, 2.24) is 10.3 Å². The van der Waals surface area contributed by atoms with Gasteiger partial charge in [-0.2, -0.15) is 0 Å². The van der Waals surface area contributed by atoms with Crippen LogP contribution in [0, 0.1) is 0 Å². The van der Waals surface area contributed by atoms with Crippen LogP contribution in [0.1, 0.15) is 23.3 Å². The van der Waals surface area contributed by atoms with E-state index in [0.29, 0.717) is 16.8 Å². The number of halogens is 1. The Morgan fingerprint density at radius 1 is 1.33 bits per heavy atom. The van der Waals surface area contributed by atoms with E-state index in [4.69, 9.17) is 11.6 Å². The highest BCUT2D eigenvalue weighted by atomic mass is 35.5. The first-order valence-corrected chi connectivity index (χ1v) is 7.00. The molecule has 0 atom stereocenters. The highest BCUT2D eigenvalue weighted by molar-refractivity contribution is 7.13. The first-order valence-electron chi connectivity index (χ1n) is 5.75. The van der Waals surface area contributed by atoms with Crippen LogP contribution in [0.5, 0.6) is 0 Å². The molecule has 92 valence electrons. The average molecular weight is 279 g/mol. The van der Waals surface area contributed by atoms with Crippen LogP contribution >= 0.6 is 22.9 Å². The lowest BCUT2D eigenvalue weighted by Crippen LogP contribution is -2.25. The van der Waals surface area contributed by atoms with Gasteiger partial charge in [0.1, 0.15) is 10.7 Å². The van der Waals surface area contributed by atoms with E-state index in [1.165, 1.54) is 11.3 Å². The lowest BCUT2D eigenvalue weighted by Gasteiger charge is -1.98. The monoisotopic (exact) mass is 278 g/mol. The van der Waals surface area contributed by atoms with E-state index in [2.05, 4.69) is 10.3 Å². The van der Waals surface area contributed by atoms with Gasteiger partial charge in [0.2, 0.25) is 0 Å². The minimum Gasteiger partial charge on any atom is -0.348 e. The fraction of sp³-hybridized carbons (Fsp3) is 0.231. The summed E-state index contributed by atoms with van der Waals surface area (Å²) in [6.07, 6.45) is 2.17. The largest absolute Gasteiger partial charge is 0.348 e. The molecule has 1 fully saturated rings. The van der Waals surface area contributed by atoms with Crippen molar-refractivity contribution in [2.24, 2.45) is 0 Å². The fourth-order valence-electron chi connectivity index (χ4n) is 1.59. The van der Waals surface area contributed by atoms with Gasteiger partial charge in [-0.3, -0.25) is 4.79 Å². The number of rotatable bonds is 3. The molecule has 1 N–H and O–H groups in total. The van der Waals surface area contributed by atoms with E-state index in [0.717, 1.165) is 23.4 Å². The number of amides is 1. The summed E-state index contributed by atoms with van der Waals surface area (Å²) in [5.41, 5.74) is 1.48. The van der Waals surface area contributed by atoms with Crippen molar-refractivity contribution in [3.05, 3.63) is 40.4 Å². The Labute approximate surface area is 114 Å². The van der Waals surface area contributed by atoms with Crippen LogP contribution in [0.4, 0.5) is 0 Å². The molecule has 5 heteroatoms. The predicted octanol–water partition coefficient (Wildman–Crippen LogP) is 3.36. The molecule has 0 bridgehead atoms. The van der Waals surface area contributed by atoms with Crippen LogP contribution in [0.25, 0.3) is 10.6 Å². The van der Waals surface area contributed by atoms with Gasteiger partial charge in [-0.05, 0) is 25.0 Å². The number of aromatic nitrogens is 1. The number of carbonyl (C=O) groups excluding carboxylic acids is 1. The molecule has 1 aliphatic rings. The van der Waals surface area contributed by atoms with E-state index in [1.807, 2.05) is 24.3 Å². The first-order chi connectivity index (χ1) is 8.72. The summed E-state index contributed by atoms with van der Waals surface area (Å²) in [7, 11) is 0. The molecule has 1 amide bonds. The molecule has 0 unspecified atom stereocenters. The number of nitrogens with zero attached hydrogens (tertiary/aromatic N) is 1. The minimum absolute atomic E-state index is 0.0750. The second-order valence-corrected chi connectivity index (χ2v) is 5.59. The third kappa shape index (κ3) is 2.54. The lowest BCUT2D eigenvalue weighted by atomic mass is 10.2. The Hall–Kier alpha value is -1.39. The Morgan fingerprint density at radius 2 is 2.06 bits per heavy atom. The third-order valence-electron chi connectivity index (χ3n) is 2.74. The smallest absolute Gasteiger partial charge is 0.270 e. The summed E-state index contributed by atoms with van der Waals surface area (Å²) in [5.74, 6) is -0.0750. The molecular weight excluding hydrogens is 268 g/mol. The van der Waals surface area contributed by atoms with Gasteiger partial charge in [-0.15, -0.1) is 11.3 Å². The Morgan fingerprint density at radius 3 is 2.72 bits per heavy atom. The maximum Gasteiger partial charge on any atom is 0.270 e. The first kappa shape index (κ1) is 11.7. The van der Waals surface area contributed by atoms with Crippen molar-refractivity contribution >= 4 is 28.8 Å². The van der Waals surface area contributed by atoms with Gasteiger partial charge in [-0.25, -0.2) is 4.98 Å². The van der Waals surface area contributed by atoms with Gasteiger partial charge in [0.15, 0.2) is 0 Å². The van der Waals surface area contributed by atoms with Crippen LogP contribution in [0.15, 0.2) is 29.6 Å². The quantitative estimate of drug-likeness (QED) is 0.935. The molecule has 18 heavy (non-hydrogen) atoms. The van der Waals surface area contributed by atoms with Gasteiger partial charge >= 0.3 is 0 Å². The highest BCUT2D eigenvalue weighted by Crippen LogP contribution is 2.25. The molecule has 2 aromatic rings. The molecule has 0 spiro atoms. The summed E-state index contributed by atoms with van der Waals surface area (Å²) in [5, 5.41) is 6.26. The number of hydrogen-bond donors (Lipinski definition) is 1. The highest BCUT2D eigenvalue weighted by Gasteiger charge is 2.24. The number of carbonyl (C=O) groups is 1. The van der Waals surface area contributed by atoms with Gasteiger partial charge in [-0.1, -0.05) is 23.7 Å². The topological polar surface area (TPSA) is 42.0 Å². The Bertz CT molecular complexity index is 575. The van der Waals surface area contributed by atoms with Crippen molar-refractivity contribution in [3.63, 3.8) is 0 Å². The maximum absolute atomic E-state index is 11.8. The summed E-state index contributed by atoms with van der Waals surface area (Å²) in [4.78, 5) is 16.2. The van der Waals surface area contributed by atoms with Crippen molar-refractivity contribution < 1.29 is 4.79 Å². The lowest BCUT2D eigenvalue weighted by molar-refractivity contribution is 0.0947. The SMILES string of the molecule is O=C(NC1CC1)c1csc(-c2ccc(Cl)cc2)n1. The van der Waals surface area contributed by atoms with Gasteiger partial charge in [0.05, 0.1) is 0 Å². The van der Waals surface area contributed by atoms with Gasteiger partial charge in [0.25, 0.3) is 5.91 Å². The number of nitrogens with one attached hydrogen (secondary N) is 1. The summed E-state index contributed by atoms with van der Waals surface area (Å²) >= 11 is 7.31. The molecular formula is C13H11ClN2OS.